The molecule has 0 saturated heterocycles. The van der Waals surface area contributed by atoms with Gasteiger partial charge in [-0.05, 0) is 84.3 Å². The number of aromatic nitrogens is 2. The molecule has 0 spiro atoms. The summed E-state index contributed by atoms with van der Waals surface area (Å²) in [6, 6.07) is 13.8. The van der Waals surface area contributed by atoms with E-state index in [-0.39, 0.29) is 25.6 Å². The SMILES string of the molecule is CCOC(=O)NC(=O)/C(C#N)=N\Nc1cc(Cl)c(Cc2cnc(OC)c(C(C)C)c2)c(Cl)c1.CCOC(=O)NC(=O)CC#N.COc1ncc(Cc2c(Cl)cc(N)cc2Cl)cc1C(C)C. The Kier molecular flexibility index (Phi) is 23.4. The predicted octanol–water partition coefficient (Wildman–Crippen LogP) is 9.54. The molecular weight excluding hydrogens is 924 g/mol. The van der Waals surface area contributed by atoms with Gasteiger partial charge in [0, 0.05) is 62.1 Å². The predicted molar refractivity (Wildman–Crippen MR) is 250 cm³/mol. The van der Waals surface area contributed by atoms with Crippen LogP contribution in [0.25, 0.3) is 0 Å². The fraction of sp³-hybridized carbons (Fsp3) is 0.341. The summed E-state index contributed by atoms with van der Waals surface area (Å²) in [6.07, 6.45) is 2.40. The zero-order chi connectivity index (χ0) is 48.8. The van der Waals surface area contributed by atoms with Crippen molar-refractivity contribution in [2.75, 3.05) is 38.6 Å². The molecule has 0 aliphatic rings. The molecule has 0 atom stereocenters. The van der Waals surface area contributed by atoms with Crippen LogP contribution in [0.4, 0.5) is 21.0 Å². The van der Waals surface area contributed by atoms with Crippen molar-refractivity contribution < 1.29 is 38.1 Å². The van der Waals surface area contributed by atoms with Gasteiger partial charge in [-0.25, -0.2) is 19.6 Å². The number of amides is 4. The Labute approximate surface area is 397 Å². The number of ether oxygens (including phenoxy) is 4. The molecule has 4 aromatic rings. The summed E-state index contributed by atoms with van der Waals surface area (Å²) in [7, 11) is 3.20. The number of nitrogen functional groups attached to an aromatic ring is 1. The Balaban J connectivity index is 0.000000384. The molecule has 4 amide bonds. The van der Waals surface area contributed by atoms with Gasteiger partial charge in [-0.15, -0.1) is 0 Å². The first-order valence-electron chi connectivity index (χ1n) is 19.6. The maximum Gasteiger partial charge on any atom is 0.414 e. The van der Waals surface area contributed by atoms with Gasteiger partial charge in [0.2, 0.25) is 23.4 Å². The molecule has 346 valence electrons. The summed E-state index contributed by atoms with van der Waals surface area (Å²) >= 11 is 25.3. The first-order chi connectivity index (χ1) is 30.8. The van der Waals surface area contributed by atoms with Crippen LogP contribution in [0.2, 0.25) is 20.1 Å². The second kappa shape index (κ2) is 27.7. The molecular formula is C44H49Cl4N9O8. The molecule has 0 unspecified atom stereocenters. The van der Waals surface area contributed by atoms with Crippen molar-refractivity contribution in [1.82, 2.24) is 20.6 Å². The average molecular weight is 974 g/mol. The molecule has 0 aliphatic carbocycles. The van der Waals surface area contributed by atoms with Crippen LogP contribution in [0.3, 0.4) is 0 Å². The number of hydrogen-bond acceptors (Lipinski definition) is 15. The lowest BCUT2D eigenvalue weighted by atomic mass is 9.99. The zero-order valence-corrected chi connectivity index (χ0v) is 39.9. The topological polar surface area (TPSA) is 253 Å². The van der Waals surface area contributed by atoms with Crippen LogP contribution in [0.5, 0.6) is 11.8 Å². The smallest absolute Gasteiger partial charge is 0.414 e. The quantitative estimate of drug-likeness (QED) is 0.0522. The second-order valence-electron chi connectivity index (χ2n) is 13.9. The summed E-state index contributed by atoms with van der Waals surface area (Å²) in [5, 5.41) is 26.5. The van der Waals surface area contributed by atoms with E-state index >= 15 is 0 Å². The highest BCUT2D eigenvalue weighted by Gasteiger charge is 2.18. The number of nitrogens with one attached hydrogen (secondary N) is 3. The first kappa shape index (κ1) is 54.8. The van der Waals surface area contributed by atoms with Crippen LogP contribution in [0.1, 0.15) is 93.2 Å². The van der Waals surface area contributed by atoms with Crippen LogP contribution in [-0.2, 0) is 31.9 Å². The summed E-state index contributed by atoms with van der Waals surface area (Å²) in [5.74, 6) is 0.117. The highest BCUT2D eigenvalue weighted by Crippen LogP contribution is 2.34. The van der Waals surface area contributed by atoms with Gasteiger partial charge in [0.05, 0.1) is 39.2 Å². The van der Waals surface area contributed by atoms with Crippen LogP contribution in [0.15, 0.2) is 53.9 Å². The average Bonchev–Trinajstić information content (AvgIpc) is 3.24. The number of nitrogens with zero attached hydrogens (tertiary/aromatic N) is 5. The Morgan fingerprint density at radius 3 is 1.54 bits per heavy atom. The molecule has 0 aliphatic heterocycles. The maximum absolute atomic E-state index is 11.9. The van der Waals surface area contributed by atoms with E-state index in [4.69, 9.17) is 72.1 Å². The second-order valence-corrected chi connectivity index (χ2v) is 15.5. The van der Waals surface area contributed by atoms with Gasteiger partial charge in [0.1, 0.15) is 12.5 Å². The fourth-order valence-corrected chi connectivity index (χ4v) is 6.65. The van der Waals surface area contributed by atoms with E-state index in [0.717, 1.165) is 27.8 Å². The Hall–Kier alpha value is -6.37. The number of nitriles is 2. The molecule has 0 radical (unpaired) electrons. The number of rotatable bonds is 14. The van der Waals surface area contributed by atoms with Crippen molar-refractivity contribution in [2.45, 2.75) is 72.6 Å². The van der Waals surface area contributed by atoms with E-state index in [1.54, 1.807) is 76.9 Å². The normalized spacial score (nSPS) is 10.5. The molecule has 21 heteroatoms. The minimum atomic E-state index is -1.01. The van der Waals surface area contributed by atoms with Crippen molar-refractivity contribution in [1.29, 1.82) is 10.5 Å². The van der Waals surface area contributed by atoms with Gasteiger partial charge in [0.15, 0.2) is 0 Å². The van der Waals surface area contributed by atoms with Crippen LogP contribution < -0.4 is 31.3 Å². The van der Waals surface area contributed by atoms with E-state index in [1.807, 2.05) is 30.5 Å². The van der Waals surface area contributed by atoms with Gasteiger partial charge in [-0.2, -0.15) is 15.6 Å². The van der Waals surface area contributed by atoms with E-state index in [9.17, 15) is 19.2 Å². The molecule has 0 fully saturated rings. The number of anilines is 2. The number of alkyl carbamates (subject to hydrolysis) is 2. The third-order valence-corrected chi connectivity index (χ3v) is 9.78. The highest BCUT2D eigenvalue weighted by atomic mass is 35.5. The molecule has 65 heavy (non-hydrogen) atoms. The Morgan fingerprint density at radius 2 is 1.15 bits per heavy atom. The first-order valence-corrected chi connectivity index (χ1v) is 21.2. The maximum atomic E-state index is 11.9. The van der Waals surface area contributed by atoms with Crippen molar-refractivity contribution in [3.63, 3.8) is 0 Å². The van der Waals surface area contributed by atoms with Crippen molar-refractivity contribution in [2.24, 2.45) is 5.10 Å². The summed E-state index contributed by atoms with van der Waals surface area (Å²) in [6.45, 7) is 11.8. The number of halogens is 4. The summed E-state index contributed by atoms with van der Waals surface area (Å²) in [4.78, 5) is 52.9. The number of hydrazone groups is 1. The van der Waals surface area contributed by atoms with Gasteiger partial charge in [-0.1, -0.05) is 74.1 Å². The van der Waals surface area contributed by atoms with Gasteiger partial charge < -0.3 is 24.7 Å². The monoisotopic (exact) mass is 971 g/mol. The molecule has 0 bridgehead atoms. The number of pyridine rings is 2. The Morgan fingerprint density at radius 1 is 0.723 bits per heavy atom. The fourth-order valence-electron chi connectivity index (χ4n) is 5.39. The van der Waals surface area contributed by atoms with Crippen LogP contribution in [0, 0.1) is 22.7 Å². The van der Waals surface area contributed by atoms with Gasteiger partial charge >= 0.3 is 12.2 Å². The van der Waals surface area contributed by atoms with Crippen molar-refractivity contribution >= 4 is 87.5 Å². The number of imide groups is 2. The van der Waals surface area contributed by atoms with Crippen LogP contribution in [-0.4, -0.2) is 67.1 Å². The lowest BCUT2D eigenvalue weighted by Crippen LogP contribution is -2.36. The molecule has 5 N–H and O–H groups in total. The number of carbonyl (C=O) groups is 4. The van der Waals surface area contributed by atoms with E-state index in [2.05, 4.69) is 49.9 Å². The Bertz CT molecular complexity index is 2390. The van der Waals surface area contributed by atoms with Gasteiger partial charge in [-0.3, -0.25) is 25.6 Å². The minimum Gasteiger partial charge on any atom is -0.481 e. The molecule has 2 aromatic heterocycles. The number of carbonyl (C=O) groups excluding carboxylic acids is 4. The van der Waals surface area contributed by atoms with E-state index in [0.29, 0.717) is 67.5 Å². The minimum absolute atomic E-state index is 0.0745. The molecule has 2 aromatic carbocycles. The standard InChI is InChI=1S/C22H23Cl2N5O4.C16H18Cl2N2O.C6H8N2O3/c1-5-33-22(31)27-20(30)19(10-25)29-28-14-8-17(23)16(18(24)9-14)7-13-6-15(12(2)3)21(32-4)26-11-13;1-9(2)12-4-10(8-20-16(12)21-3)5-13-14(17)6-11(19)7-15(13)18;1-2-11-6(10)8-5(9)3-4-7/h6,8-9,11-12,28H,5,7H2,1-4H3,(H,27,30,31);4,6-9H,5,19H2,1-3H3;2-3H2,1H3,(H,8,9,10)/b29-19-;;. The third kappa shape index (κ3) is 18.0. The zero-order valence-electron chi connectivity index (χ0n) is 36.9. The number of benzene rings is 2. The third-order valence-electron chi connectivity index (χ3n) is 8.43. The highest BCUT2D eigenvalue weighted by molar-refractivity contribution is 6.47. The van der Waals surface area contributed by atoms with Gasteiger partial charge in [0.25, 0.3) is 5.91 Å². The molecule has 2 heterocycles. The number of hydrogen-bond donors (Lipinski definition) is 4. The summed E-state index contributed by atoms with van der Waals surface area (Å²) in [5.41, 5.74) is 14.1. The molecule has 17 nitrogen and oxygen atoms in total. The van der Waals surface area contributed by atoms with Crippen molar-refractivity contribution in [3.8, 4) is 23.9 Å². The van der Waals surface area contributed by atoms with Crippen molar-refractivity contribution in [3.05, 3.63) is 102 Å². The molecule has 4 rings (SSSR count). The number of nitrogens with two attached hydrogens (primary N) is 1. The van der Waals surface area contributed by atoms with Crippen LogP contribution >= 0.6 is 46.4 Å². The summed E-state index contributed by atoms with van der Waals surface area (Å²) < 4.78 is 19.6. The number of methoxy groups -OCH3 is 2. The van der Waals surface area contributed by atoms with E-state index < -0.39 is 29.7 Å². The van der Waals surface area contributed by atoms with E-state index in [1.165, 1.54) is 0 Å². The largest absolute Gasteiger partial charge is 0.481 e. The lowest BCUT2D eigenvalue weighted by molar-refractivity contribution is -0.119. The lowest BCUT2D eigenvalue weighted by Gasteiger charge is -2.14. The molecule has 0 saturated carbocycles.